The van der Waals surface area contributed by atoms with Crippen molar-refractivity contribution >= 4 is 17.7 Å². The van der Waals surface area contributed by atoms with Gasteiger partial charge in [0.1, 0.15) is 5.75 Å². The number of rotatable bonds is 12. The minimum absolute atomic E-state index is 0.165. The summed E-state index contributed by atoms with van der Waals surface area (Å²) >= 11 is 0. The summed E-state index contributed by atoms with van der Waals surface area (Å²) in [5.74, 6) is 0.639. The molecular formula is C23H32N4O4. The molecule has 0 bridgehead atoms. The number of carbonyl (C=O) groups excluding carboxylic acids is 2. The Kier molecular flexibility index (Phi) is 10.2. The molecule has 2 rings (SSSR count). The van der Waals surface area contributed by atoms with E-state index in [0.717, 1.165) is 24.2 Å². The molecule has 0 fully saturated rings. The molecule has 0 spiro atoms. The van der Waals surface area contributed by atoms with Crippen LogP contribution < -0.4 is 21.5 Å². The van der Waals surface area contributed by atoms with E-state index in [1.165, 1.54) is 7.11 Å². The van der Waals surface area contributed by atoms with Crippen molar-refractivity contribution in [3.8, 4) is 5.75 Å². The third-order valence-corrected chi connectivity index (χ3v) is 4.75. The maximum absolute atomic E-state index is 12.1. The van der Waals surface area contributed by atoms with Gasteiger partial charge < -0.3 is 31.2 Å². The third-order valence-electron chi connectivity index (χ3n) is 4.75. The fourth-order valence-electron chi connectivity index (χ4n) is 2.95. The van der Waals surface area contributed by atoms with Crippen LogP contribution in [0.2, 0.25) is 0 Å². The number of hydrogen-bond donors (Lipinski definition) is 3. The molecule has 0 radical (unpaired) electrons. The zero-order valence-electron chi connectivity index (χ0n) is 18.0. The number of nitrogen functional groups attached to an aromatic ring is 1. The van der Waals surface area contributed by atoms with Gasteiger partial charge in [-0.2, -0.15) is 0 Å². The van der Waals surface area contributed by atoms with E-state index < -0.39 is 0 Å². The average Bonchev–Trinajstić information content (AvgIpc) is 2.80. The summed E-state index contributed by atoms with van der Waals surface area (Å²) in [5.41, 5.74) is 13.4. The lowest BCUT2D eigenvalue weighted by Gasteiger charge is -2.21. The van der Waals surface area contributed by atoms with Gasteiger partial charge in [0.05, 0.1) is 13.7 Å². The smallest absolute Gasteiger partial charge is 0.409 e. The Hall–Kier alpha value is -3.26. The Labute approximate surface area is 183 Å². The second-order valence-corrected chi connectivity index (χ2v) is 7.09. The molecule has 0 atom stereocenters. The molecule has 0 saturated heterocycles. The topological polar surface area (TPSA) is 120 Å². The van der Waals surface area contributed by atoms with Crippen LogP contribution in [0.25, 0.3) is 0 Å². The number of nitrogens with zero attached hydrogens (tertiary/aromatic N) is 1. The van der Waals surface area contributed by atoms with Crippen LogP contribution in [-0.4, -0.2) is 50.3 Å². The highest BCUT2D eigenvalue weighted by atomic mass is 16.5. The van der Waals surface area contributed by atoms with Crippen LogP contribution in [0.1, 0.15) is 35.2 Å². The molecule has 8 heteroatoms. The van der Waals surface area contributed by atoms with Gasteiger partial charge in [-0.1, -0.05) is 12.1 Å². The monoisotopic (exact) mass is 428 g/mol. The summed E-state index contributed by atoms with van der Waals surface area (Å²) in [6.07, 6.45) is 1.84. The van der Waals surface area contributed by atoms with Crippen LogP contribution in [0, 0.1) is 0 Å². The fraction of sp³-hybridized carbons (Fsp3) is 0.391. The van der Waals surface area contributed by atoms with Crippen LogP contribution in [-0.2, 0) is 11.3 Å². The minimum atomic E-state index is -0.372. The van der Waals surface area contributed by atoms with Gasteiger partial charge in [0.15, 0.2) is 0 Å². The van der Waals surface area contributed by atoms with Gasteiger partial charge in [-0.05, 0) is 61.2 Å². The summed E-state index contributed by atoms with van der Waals surface area (Å²) in [6, 6.07) is 14.4. The summed E-state index contributed by atoms with van der Waals surface area (Å²) in [7, 11) is 1.37. The highest BCUT2D eigenvalue weighted by molar-refractivity contribution is 5.94. The molecular weight excluding hydrogens is 396 g/mol. The second-order valence-electron chi connectivity index (χ2n) is 7.09. The highest BCUT2D eigenvalue weighted by Crippen LogP contribution is 2.12. The highest BCUT2D eigenvalue weighted by Gasteiger charge is 2.13. The number of ether oxygens (including phenoxy) is 2. The SMILES string of the molecule is COC(=O)N(CCCCOc1ccc(CN)cc1)CCCNC(=O)c1ccc(N)cc1. The first-order valence-electron chi connectivity index (χ1n) is 10.4. The molecule has 2 aromatic carbocycles. The lowest BCUT2D eigenvalue weighted by Crippen LogP contribution is -2.35. The van der Waals surface area contributed by atoms with Gasteiger partial charge >= 0.3 is 6.09 Å². The lowest BCUT2D eigenvalue weighted by molar-refractivity contribution is 0.0950. The van der Waals surface area contributed by atoms with Crippen LogP contribution in [0.3, 0.4) is 0 Å². The Morgan fingerprint density at radius 1 is 0.968 bits per heavy atom. The Morgan fingerprint density at radius 2 is 1.65 bits per heavy atom. The molecule has 0 saturated carbocycles. The molecule has 8 nitrogen and oxygen atoms in total. The van der Waals surface area contributed by atoms with Crippen molar-refractivity contribution in [2.45, 2.75) is 25.8 Å². The molecule has 0 unspecified atom stereocenters. The van der Waals surface area contributed by atoms with Crippen LogP contribution >= 0.6 is 0 Å². The van der Waals surface area contributed by atoms with E-state index in [-0.39, 0.29) is 12.0 Å². The van der Waals surface area contributed by atoms with E-state index in [9.17, 15) is 9.59 Å². The number of benzene rings is 2. The largest absolute Gasteiger partial charge is 0.494 e. The number of unbranched alkanes of at least 4 members (excludes halogenated alkanes) is 1. The zero-order chi connectivity index (χ0) is 22.5. The lowest BCUT2D eigenvalue weighted by atomic mass is 10.2. The molecule has 0 aliphatic rings. The number of anilines is 1. The van der Waals surface area contributed by atoms with E-state index in [2.05, 4.69) is 5.32 Å². The number of amides is 2. The molecule has 31 heavy (non-hydrogen) atoms. The van der Waals surface area contributed by atoms with E-state index in [4.69, 9.17) is 20.9 Å². The third kappa shape index (κ3) is 8.55. The number of methoxy groups -OCH3 is 1. The molecule has 0 aliphatic carbocycles. The summed E-state index contributed by atoms with van der Waals surface area (Å²) < 4.78 is 10.6. The van der Waals surface area contributed by atoms with E-state index in [0.29, 0.717) is 50.5 Å². The predicted molar refractivity (Wildman–Crippen MR) is 121 cm³/mol. The first kappa shape index (κ1) is 24.0. The maximum atomic E-state index is 12.1. The molecule has 2 amide bonds. The van der Waals surface area contributed by atoms with Gasteiger partial charge in [-0.15, -0.1) is 0 Å². The summed E-state index contributed by atoms with van der Waals surface area (Å²) in [4.78, 5) is 25.8. The van der Waals surface area contributed by atoms with Crippen LogP contribution in [0.4, 0.5) is 10.5 Å². The maximum Gasteiger partial charge on any atom is 0.409 e. The van der Waals surface area contributed by atoms with Crippen LogP contribution in [0.5, 0.6) is 5.75 Å². The Bertz CT molecular complexity index is 809. The van der Waals surface area contributed by atoms with Gasteiger partial charge in [0.2, 0.25) is 0 Å². The van der Waals surface area contributed by atoms with Crippen molar-refractivity contribution in [3.63, 3.8) is 0 Å². The molecule has 0 heterocycles. The quantitative estimate of drug-likeness (QED) is 0.353. The van der Waals surface area contributed by atoms with E-state index in [1.54, 1.807) is 29.2 Å². The predicted octanol–water partition coefficient (Wildman–Crippen LogP) is 2.78. The average molecular weight is 429 g/mol. The van der Waals surface area contributed by atoms with Crippen molar-refractivity contribution in [1.29, 1.82) is 0 Å². The molecule has 0 aliphatic heterocycles. The van der Waals surface area contributed by atoms with Crippen molar-refractivity contribution in [2.75, 3.05) is 39.1 Å². The number of nitrogens with two attached hydrogens (primary N) is 2. The molecule has 5 N–H and O–H groups in total. The number of carbonyl (C=O) groups is 2. The normalized spacial score (nSPS) is 10.4. The standard InChI is InChI=1S/C23H32N4O4/c1-30-23(29)27(14-2-3-16-31-21-11-5-18(17-24)6-12-21)15-4-13-26-22(28)19-7-9-20(25)10-8-19/h5-12H,2-4,13-17,24-25H2,1H3,(H,26,28). The van der Waals surface area contributed by atoms with E-state index in [1.807, 2.05) is 24.3 Å². The summed E-state index contributed by atoms with van der Waals surface area (Å²) in [6.45, 7) is 2.59. The van der Waals surface area contributed by atoms with Gasteiger partial charge in [-0.3, -0.25) is 4.79 Å². The second kappa shape index (κ2) is 13.1. The Morgan fingerprint density at radius 3 is 2.29 bits per heavy atom. The van der Waals surface area contributed by atoms with Crippen molar-refractivity contribution < 1.29 is 19.1 Å². The fourth-order valence-corrected chi connectivity index (χ4v) is 2.95. The summed E-state index contributed by atoms with van der Waals surface area (Å²) in [5, 5.41) is 2.85. The molecule has 168 valence electrons. The number of nitrogens with one attached hydrogen (secondary N) is 1. The van der Waals surface area contributed by atoms with Gasteiger partial charge in [-0.25, -0.2) is 4.79 Å². The van der Waals surface area contributed by atoms with Crippen molar-refractivity contribution in [2.24, 2.45) is 5.73 Å². The first-order valence-corrected chi connectivity index (χ1v) is 10.4. The first-order chi connectivity index (χ1) is 15.0. The van der Waals surface area contributed by atoms with Gasteiger partial charge in [0.25, 0.3) is 5.91 Å². The van der Waals surface area contributed by atoms with Crippen LogP contribution in [0.15, 0.2) is 48.5 Å². The zero-order valence-corrected chi connectivity index (χ0v) is 18.0. The molecule has 0 aromatic heterocycles. The molecule has 2 aromatic rings. The van der Waals surface area contributed by atoms with Crippen molar-refractivity contribution in [3.05, 3.63) is 59.7 Å². The van der Waals surface area contributed by atoms with Crippen molar-refractivity contribution in [1.82, 2.24) is 10.2 Å². The van der Waals surface area contributed by atoms with Gasteiger partial charge in [0, 0.05) is 37.4 Å². The Balaban J connectivity index is 1.65. The van der Waals surface area contributed by atoms with E-state index >= 15 is 0 Å². The minimum Gasteiger partial charge on any atom is -0.494 e. The number of hydrogen-bond acceptors (Lipinski definition) is 6.